The van der Waals surface area contributed by atoms with Crippen molar-refractivity contribution in [3.8, 4) is 0 Å². The van der Waals surface area contributed by atoms with Gasteiger partial charge < -0.3 is 10.2 Å². The lowest BCUT2D eigenvalue weighted by Gasteiger charge is -2.31. The van der Waals surface area contributed by atoms with E-state index >= 15 is 0 Å². The number of aromatic nitrogens is 1. The van der Waals surface area contributed by atoms with E-state index in [-0.39, 0.29) is 11.9 Å². The lowest BCUT2D eigenvalue weighted by molar-refractivity contribution is 0.0906. The summed E-state index contributed by atoms with van der Waals surface area (Å²) in [6.45, 7) is 5.51. The molecule has 1 aromatic rings. The second-order valence-electron chi connectivity index (χ2n) is 4.93. The second-order valence-corrected chi connectivity index (χ2v) is 5.75. The highest BCUT2D eigenvalue weighted by Crippen LogP contribution is 2.12. The Hall–Kier alpha value is -0.940. The van der Waals surface area contributed by atoms with Gasteiger partial charge in [-0.25, -0.2) is 4.98 Å². The zero-order valence-corrected chi connectivity index (χ0v) is 12.8. The van der Waals surface area contributed by atoms with Crippen LogP contribution in [-0.2, 0) is 0 Å². The Kier molecular flexibility index (Phi) is 5.34. The number of amides is 1. The summed E-state index contributed by atoms with van der Waals surface area (Å²) in [7, 11) is 0. The number of rotatable bonds is 4. The van der Waals surface area contributed by atoms with Gasteiger partial charge in [-0.05, 0) is 53.9 Å². The Labute approximate surface area is 122 Å². The molecule has 1 aliphatic heterocycles. The molecule has 104 valence electrons. The number of pyridine rings is 1. The molecular formula is C14H20BrN3O. The molecule has 0 bridgehead atoms. The topological polar surface area (TPSA) is 45.2 Å². The van der Waals surface area contributed by atoms with E-state index in [0.717, 1.165) is 32.5 Å². The van der Waals surface area contributed by atoms with Gasteiger partial charge >= 0.3 is 0 Å². The molecule has 0 aliphatic carbocycles. The van der Waals surface area contributed by atoms with Crippen LogP contribution in [0.15, 0.2) is 22.8 Å². The van der Waals surface area contributed by atoms with Crippen LogP contribution in [0.25, 0.3) is 0 Å². The molecule has 0 spiro atoms. The molecule has 4 nitrogen and oxygen atoms in total. The molecular weight excluding hydrogens is 306 g/mol. The molecule has 0 radical (unpaired) electrons. The van der Waals surface area contributed by atoms with Crippen molar-refractivity contribution in [2.24, 2.45) is 0 Å². The van der Waals surface area contributed by atoms with E-state index < -0.39 is 0 Å². The zero-order valence-electron chi connectivity index (χ0n) is 11.2. The van der Waals surface area contributed by atoms with E-state index in [1.165, 1.54) is 6.42 Å². The first-order valence-electron chi connectivity index (χ1n) is 6.85. The SMILES string of the molecule is CCCN1CCC(NC(=O)c2cccc(Br)n2)CC1. The van der Waals surface area contributed by atoms with E-state index in [1.54, 1.807) is 6.07 Å². The minimum Gasteiger partial charge on any atom is -0.348 e. The minimum atomic E-state index is -0.0739. The molecule has 5 heteroatoms. The number of hydrogen-bond donors (Lipinski definition) is 1. The molecule has 0 aromatic carbocycles. The summed E-state index contributed by atoms with van der Waals surface area (Å²) >= 11 is 3.28. The molecule has 1 amide bonds. The molecule has 0 atom stereocenters. The predicted octanol–water partition coefficient (Wildman–Crippen LogP) is 2.45. The number of carbonyl (C=O) groups is 1. The smallest absolute Gasteiger partial charge is 0.270 e. The normalized spacial score (nSPS) is 17.4. The van der Waals surface area contributed by atoms with Crippen LogP contribution in [0.1, 0.15) is 36.7 Å². The molecule has 1 N–H and O–H groups in total. The number of piperidine rings is 1. The fourth-order valence-electron chi connectivity index (χ4n) is 2.41. The highest BCUT2D eigenvalue weighted by atomic mass is 79.9. The Morgan fingerprint density at radius 2 is 2.21 bits per heavy atom. The van der Waals surface area contributed by atoms with Gasteiger partial charge in [-0.1, -0.05) is 13.0 Å². The largest absolute Gasteiger partial charge is 0.348 e. The van der Waals surface area contributed by atoms with Crippen LogP contribution < -0.4 is 5.32 Å². The number of likely N-dealkylation sites (tertiary alicyclic amines) is 1. The van der Waals surface area contributed by atoms with Gasteiger partial charge in [0.25, 0.3) is 5.91 Å². The van der Waals surface area contributed by atoms with E-state index in [0.29, 0.717) is 10.3 Å². The fourth-order valence-corrected chi connectivity index (χ4v) is 2.75. The maximum Gasteiger partial charge on any atom is 0.270 e. The van der Waals surface area contributed by atoms with E-state index in [9.17, 15) is 4.79 Å². The van der Waals surface area contributed by atoms with Crippen molar-refractivity contribution in [3.05, 3.63) is 28.5 Å². The Morgan fingerprint density at radius 1 is 1.47 bits per heavy atom. The molecule has 1 fully saturated rings. The average molecular weight is 326 g/mol. The van der Waals surface area contributed by atoms with Crippen molar-refractivity contribution in [3.63, 3.8) is 0 Å². The van der Waals surface area contributed by atoms with Crippen LogP contribution in [0.2, 0.25) is 0 Å². The predicted molar refractivity (Wildman–Crippen MR) is 79.2 cm³/mol. The Balaban J connectivity index is 1.84. The Morgan fingerprint density at radius 3 is 2.84 bits per heavy atom. The molecule has 2 heterocycles. The second kappa shape index (κ2) is 7.01. The monoisotopic (exact) mass is 325 g/mol. The van der Waals surface area contributed by atoms with Gasteiger partial charge in [0.15, 0.2) is 0 Å². The van der Waals surface area contributed by atoms with Crippen LogP contribution in [0.5, 0.6) is 0 Å². The van der Waals surface area contributed by atoms with Crippen LogP contribution in [0.4, 0.5) is 0 Å². The van der Waals surface area contributed by atoms with Crippen LogP contribution >= 0.6 is 15.9 Å². The molecule has 0 saturated carbocycles. The summed E-state index contributed by atoms with van der Waals surface area (Å²) in [5.74, 6) is -0.0739. The van der Waals surface area contributed by atoms with Gasteiger partial charge in [-0.15, -0.1) is 0 Å². The highest BCUT2D eigenvalue weighted by molar-refractivity contribution is 9.10. The van der Waals surface area contributed by atoms with Gasteiger partial charge in [0.05, 0.1) is 0 Å². The summed E-state index contributed by atoms with van der Waals surface area (Å²) in [4.78, 5) is 18.7. The van der Waals surface area contributed by atoms with Crippen LogP contribution in [0.3, 0.4) is 0 Å². The van der Waals surface area contributed by atoms with Gasteiger partial charge in [-0.3, -0.25) is 4.79 Å². The van der Waals surface area contributed by atoms with Crippen molar-refractivity contribution in [2.75, 3.05) is 19.6 Å². The standard InChI is InChI=1S/C14H20BrN3O/c1-2-8-18-9-6-11(7-10-18)16-14(19)12-4-3-5-13(15)17-12/h3-5,11H,2,6-10H2,1H3,(H,16,19). The van der Waals surface area contributed by atoms with Crippen molar-refractivity contribution >= 4 is 21.8 Å². The van der Waals surface area contributed by atoms with E-state index in [2.05, 4.69) is 38.1 Å². The van der Waals surface area contributed by atoms with Gasteiger partial charge in [0.1, 0.15) is 10.3 Å². The van der Waals surface area contributed by atoms with E-state index in [4.69, 9.17) is 0 Å². The summed E-state index contributed by atoms with van der Waals surface area (Å²) in [5.41, 5.74) is 0.477. The summed E-state index contributed by atoms with van der Waals surface area (Å²) in [6.07, 6.45) is 3.25. The van der Waals surface area contributed by atoms with Crippen molar-refractivity contribution in [2.45, 2.75) is 32.2 Å². The fraction of sp³-hybridized carbons (Fsp3) is 0.571. The number of nitrogens with zero attached hydrogens (tertiary/aromatic N) is 2. The lowest BCUT2D eigenvalue weighted by Crippen LogP contribution is -2.44. The number of hydrogen-bond acceptors (Lipinski definition) is 3. The molecule has 1 saturated heterocycles. The highest BCUT2D eigenvalue weighted by Gasteiger charge is 2.20. The molecule has 1 aliphatic rings. The summed E-state index contributed by atoms with van der Waals surface area (Å²) in [5, 5.41) is 3.08. The van der Waals surface area contributed by atoms with Crippen molar-refractivity contribution in [1.29, 1.82) is 0 Å². The quantitative estimate of drug-likeness (QED) is 0.865. The Bertz CT molecular complexity index is 430. The lowest BCUT2D eigenvalue weighted by atomic mass is 10.0. The average Bonchev–Trinajstić information content (AvgIpc) is 2.41. The van der Waals surface area contributed by atoms with Crippen LogP contribution in [0, 0.1) is 0 Å². The van der Waals surface area contributed by atoms with Gasteiger partial charge in [0.2, 0.25) is 0 Å². The third kappa shape index (κ3) is 4.28. The summed E-state index contributed by atoms with van der Waals surface area (Å²) in [6, 6.07) is 5.67. The maximum atomic E-state index is 12.1. The zero-order chi connectivity index (χ0) is 13.7. The first kappa shape index (κ1) is 14.5. The van der Waals surface area contributed by atoms with Crippen molar-refractivity contribution < 1.29 is 4.79 Å². The first-order valence-corrected chi connectivity index (χ1v) is 7.64. The molecule has 19 heavy (non-hydrogen) atoms. The third-order valence-corrected chi connectivity index (χ3v) is 3.85. The van der Waals surface area contributed by atoms with Crippen LogP contribution in [-0.4, -0.2) is 41.5 Å². The third-order valence-electron chi connectivity index (χ3n) is 3.41. The number of nitrogens with one attached hydrogen (secondary N) is 1. The van der Waals surface area contributed by atoms with E-state index in [1.807, 2.05) is 12.1 Å². The number of halogens is 1. The first-order chi connectivity index (χ1) is 9.19. The molecule has 2 rings (SSSR count). The molecule has 1 aromatic heterocycles. The maximum absolute atomic E-state index is 12.1. The summed E-state index contributed by atoms with van der Waals surface area (Å²) < 4.78 is 0.693. The minimum absolute atomic E-state index is 0.0739. The van der Waals surface area contributed by atoms with Gasteiger partial charge in [0, 0.05) is 19.1 Å². The van der Waals surface area contributed by atoms with Crippen molar-refractivity contribution in [1.82, 2.24) is 15.2 Å². The molecule has 0 unspecified atom stereocenters. The van der Waals surface area contributed by atoms with Gasteiger partial charge in [-0.2, -0.15) is 0 Å². The number of carbonyl (C=O) groups excluding carboxylic acids is 1.